The summed E-state index contributed by atoms with van der Waals surface area (Å²) in [4.78, 5) is 21.5. The Morgan fingerprint density at radius 1 is 1.52 bits per heavy atom. The lowest BCUT2D eigenvalue weighted by Crippen LogP contribution is -2.44. The van der Waals surface area contributed by atoms with E-state index in [1.807, 2.05) is 19.1 Å². The summed E-state index contributed by atoms with van der Waals surface area (Å²) in [5, 5.41) is 0.492. The highest BCUT2D eigenvalue weighted by molar-refractivity contribution is 6.32. The minimum Gasteiger partial charge on any atom is -0.482 e. The molecule has 6 nitrogen and oxygen atoms in total. The molecule has 2 aromatic rings. The molecule has 1 aliphatic heterocycles. The number of H-pyrrole nitrogens is 1. The fraction of sp³-hybridized carbons (Fsp3) is 0.375. The number of carbonyl (C=O) groups excluding carboxylic acids is 1. The van der Waals surface area contributed by atoms with Crippen LogP contribution in [-0.4, -0.2) is 47.1 Å². The van der Waals surface area contributed by atoms with Gasteiger partial charge in [0.25, 0.3) is 5.91 Å². The molecule has 7 heteroatoms. The summed E-state index contributed by atoms with van der Waals surface area (Å²) < 4.78 is 11.2. The number of halogens is 1. The van der Waals surface area contributed by atoms with Gasteiger partial charge in [-0.05, 0) is 19.1 Å². The number of para-hydroxylation sites is 1. The summed E-state index contributed by atoms with van der Waals surface area (Å²) in [6.07, 6.45) is 1.52. The van der Waals surface area contributed by atoms with Crippen LogP contribution in [0.3, 0.4) is 0 Å². The van der Waals surface area contributed by atoms with Crippen molar-refractivity contribution in [2.75, 3.05) is 26.3 Å². The Balaban J connectivity index is 1.58. The number of aryl methyl sites for hydroxylation is 1. The van der Waals surface area contributed by atoms with Gasteiger partial charge in [-0.25, -0.2) is 4.98 Å². The van der Waals surface area contributed by atoms with Crippen molar-refractivity contribution in [1.82, 2.24) is 14.9 Å². The van der Waals surface area contributed by atoms with Crippen molar-refractivity contribution in [2.24, 2.45) is 0 Å². The molecule has 0 bridgehead atoms. The van der Waals surface area contributed by atoms with Crippen molar-refractivity contribution in [2.45, 2.75) is 13.0 Å². The second-order valence-electron chi connectivity index (χ2n) is 5.37. The second-order valence-corrected chi connectivity index (χ2v) is 5.78. The van der Waals surface area contributed by atoms with Gasteiger partial charge in [0.05, 0.1) is 18.2 Å². The average Bonchev–Trinajstić information content (AvgIpc) is 3.00. The van der Waals surface area contributed by atoms with Crippen LogP contribution in [0.25, 0.3) is 0 Å². The van der Waals surface area contributed by atoms with E-state index in [1.54, 1.807) is 23.2 Å². The number of carbonyl (C=O) groups is 1. The topological polar surface area (TPSA) is 67.5 Å². The summed E-state index contributed by atoms with van der Waals surface area (Å²) >= 11 is 6.02. The van der Waals surface area contributed by atoms with E-state index in [0.717, 1.165) is 11.5 Å². The maximum absolute atomic E-state index is 12.3. The van der Waals surface area contributed by atoms with Crippen LogP contribution in [0.15, 0.2) is 30.5 Å². The number of nitrogens with zero attached hydrogens (tertiary/aromatic N) is 2. The molecule has 1 aromatic carbocycles. The molecule has 122 valence electrons. The van der Waals surface area contributed by atoms with Gasteiger partial charge in [-0.3, -0.25) is 4.79 Å². The summed E-state index contributed by atoms with van der Waals surface area (Å²) in [5.74, 6) is 1.16. The molecule has 1 N–H and O–H groups in total. The van der Waals surface area contributed by atoms with Crippen LogP contribution in [-0.2, 0) is 9.53 Å². The first-order chi connectivity index (χ1) is 11.1. The molecule has 1 amide bonds. The molecule has 0 spiro atoms. The monoisotopic (exact) mass is 335 g/mol. The third-order valence-corrected chi connectivity index (χ3v) is 3.95. The number of aromatic nitrogens is 2. The Bertz CT molecular complexity index is 689. The molecule has 2 heterocycles. The highest BCUT2D eigenvalue weighted by atomic mass is 35.5. The number of nitrogens with one attached hydrogen (secondary N) is 1. The van der Waals surface area contributed by atoms with Gasteiger partial charge in [-0.2, -0.15) is 0 Å². The number of hydrogen-bond acceptors (Lipinski definition) is 4. The zero-order valence-electron chi connectivity index (χ0n) is 12.8. The normalized spacial score (nSPS) is 18.0. The van der Waals surface area contributed by atoms with E-state index in [2.05, 4.69) is 9.97 Å². The molecule has 0 unspecified atom stereocenters. The largest absolute Gasteiger partial charge is 0.482 e. The molecule has 23 heavy (non-hydrogen) atoms. The predicted octanol–water partition coefficient (Wildman–Crippen LogP) is 2.35. The molecule has 3 rings (SSSR count). The average molecular weight is 336 g/mol. The Hall–Kier alpha value is -2.05. The van der Waals surface area contributed by atoms with Crippen molar-refractivity contribution in [1.29, 1.82) is 0 Å². The number of morpholine rings is 1. The van der Waals surface area contributed by atoms with Crippen LogP contribution < -0.4 is 4.74 Å². The van der Waals surface area contributed by atoms with Crippen LogP contribution in [0.5, 0.6) is 5.75 Å². The Labute approximate surface area is 139 Å². The third-order valence-electron chi connectivity index (χ3n) is 3.63. The van der Waals surface area contributed by atoms with Gasteiger partial charge in [0.2, 0.25) is 0 Å². The van der Waals surface area contributed by atoms with E-state index < -0.39 is 0 Å². The lowest BCUT2D eigenvalue weighted by Gasteiger charge is -2.32. The maximum Gasteiger partial charge on any atom is 0.260 e. The molecular formula is C16H18ClN3O3. The van der Waals surface area contributed by atoms with Crippen LogP contribution in [0.1, 0.15) is 17.6 Å². The predicted molar refractivity (Wildman–Crippen MR) is 85.5 cm³/mol. The van der Waals surface area contributed by atoms with E-state index >= 15 is 0 Å². The molecule has 1 aliphatic rings. The van der Waals surface area contributed by atoms with E-state index in [9.17, 15) is 4.79 Å². The summed E-state index contributed by atoms with van der Waals surface area (Å²) in [6, 6.07) is 7.10. The van der Waals surface area contributed by atoms with Gasteiger partial charge >= 0.3 is 0 Å². The maximum atomic E-state index is 12.3. The van der Waals surface area contributed by atoms with Crippen LogP contribution in [0, 0.1) is 6.92 Å². The fourth-order valence-electron chi connectivity index (χ4n) is 2.43. The summed E-state index contributed by atoms with van der Waals surface area (Å²) in [5.41, 5.74) is 0.967. The van der Waals surface area contributed by atoms with Gasteiger partial charge < -0.3 is 19.4 Å². The number of ether oxygens (including phenoxy) is 2. The standard InChI is InChI=1S/C16H18ClN3O3/c1-11-8-18-16(19-11)14-9-20(6-7-22-14)15(21)10-23-13-5-3-2-4-12(13)17/h2-5,8,14H,6-7,9-10H2,1H3,(H,18,19)/t14-/m0/s1. The van der Waals surface area contributed by atoms with Crippen LogP contribution in [0.2, 0.25) is 5.02 Å². The summed E-state index contributed by atoms with van der Waals surface area (Å²) in [7, 11) is 0. The second kappa shape index (κ2) is 7.02. The number of aromatic amines is 1. The van der Waals surface area contributed by atoms with Crippen LogP contribution in [0.4, 0.5) is 0 Å². The first kappa shape index (κ1) is 15.8. The number of rotatable bonds is 4. The van der Waals surface area contributed by atoms with E-state index in [0.29, 0.717) is 30.5 Å². The molecule has 1 atom stereocenters. The fourth-order valence-corrected chi connectivity index (χ4v) is 2.62. The first-order valence-corrected chi connectivity index (χ1v) is 7.79. The number of hydrogen-bond donors (Lipinski definition) is 1. The van der Waals surface area contributed by atoms with Gasteiger partial charge in [0, 0.05) is 18.4 Å². The molecule has 0 saturated carbocycles. The van der Waals surface area contributed by atoms with Crippen molar-refractivity contribution in [3.05, 3.63) is 47.0 Å². The Morgan fingerprint density at radius 3 is 3.09 bits per heavy atom. The molecule has 1 aromatic heterocycles. The zero-order valence-corrected chi connectivity index (χ0v) is 13.5. The minimum atomic E-state index is -0.235. The van der Waals surface area contributed by atoms with Crippen molar-refractivity contribution in [3.63, 3.8) is 0 Å². The molecule has 0 aliphatic carbocycles. The van der Waals surface area contributed by atoms with E-state index in [1.165, 1.54) is 0 Å². The molecule has 1 fully saturated rings. The highest BCUT2D eigenvalue weighted by Crippen LogP contribution is 2.24. The zero-order chi connectivity index (χ0) is 16.2. The Kier molecular flexibility index (Phi) is 4.83. The summed E-state index contributed by atoms with van der Waals surface area (Å²) in [6.45, 7) is 3.36. The number of imidazole rings is 1. The minimum absolute atomic E-state index is 0.0480. The van der Waals surface area contributed by atoms with E-state index in [4.69, 9.17) is 21.1 Å². The molecular weight excluding hydrogens is 318 g/mol. The lowest BCUT2D eigenvalue weighted by molar-refractivity contribution is -0.141. The third kappa shape index (κ3) is 3.83. The van der Waals surface area contributed by atoms with Gasteiger partial charge in [-0.15, -0.1) is 0 Å². The first-order valence-electron chi connectivity index (χ1n) is 7.41. The lowest BCUT2D eigenvalue weighted by atomic mass is 10.2. The SMILES string of the molecule is Cc1cnc([C@@H]2CN(C(=O)COc3ccccc3Cl)CCO2)[nH]1. The molecule has 1 saturated heterocycles. The molecule has 0 radical (unpaired) electrons. The number of amides is 1. The van der Waals surface area contributed by atoms with Gasteiger partial charge in [0.1, 0.15) is 17.7 Å². The van der Waals surface area contributed by atoms with Gasteiger partial charge in [0.15, 0.2) is 6.61 Å². The van der Waals surface area contributed by atoms with Crippen molar-refractivity contribution in [3.8, 4) is 5.75 Å². The Morgan fingerprint density at radius 2 is 2.35 bits per heavy atom. The van der Waals surface area contributed by atoms with Gasteiger partial charge in [-0.1, -0.05) is 23.7 Å². The quantitative estimate of drug-likeness (QED) is 0.931. The van der Waals surface area contributed by atoms with Crippen molar-refractivity contribution >= 4 is 17.5 Å². The van der Waals surface area contributed by atoms with Crippen LogP contribution >= 0.6 is 11.6 Å². The highest BCUT2D eigenvalue weighted by Gasteiger charge is 2.27. The smallest absolute Gasteiger partial charge is 0.260 e. The van der Waals surface area contributed by atoms with Crippen molar-refractivity contribution < 1.29 is 14.3 Å². The number of benzene rings is 1. The van der Waals surface area contributed by atoms with E-state index in [-0.39, 0.29) is 18.6 Å².